The second-order valence-electron chi connectivity index (χ2n) is 4.43. The van der Waals surface area contributed by atoms with Gasteiger partial charge in [-0.15, -0.1) is 11.3 Å². The lowest BCUT2D eigenvalue weighted by atomic mass is 10.1. The van der Waals surface area contributed by atoms with E-state index in [0.717, 1.165) is 5.69 Å². The summed E-state index contributed by atoms with van der Waals surface area (Å²) in [6.07, 6.45) is 1.83. The molecule has 0 N–H and O–H groups in total. The summed E-state index contributed by atoms with van der Waals surface area (Å²) in [6.45, 7) is 0. The van der Waals surface area contributed by atoms with Crippen molar-refractivity contribution in [3.05, 3.63) is 66.9 Å². The molecule has 0 unspecified atom stereocenters. The van der Waals surface area contributed by atoms with Gasteiger partial charge in [-0.05, 0) is 36.4 Å². The van der Waals surface area contributed by atoms with E-state index in [0.29, 0.717) is 0 Å². The zero-order valence-corrected chi connectivity index (χ0v) is 10.9. The molecule has 2 heteroatoms. The highest BCUT2D eigenvalue weighted by Crippen LogP contribution is 2.38. The predicted octanol–water partition coefficient (Wildman–Crippen LogP) is 4.92. The monoisotopic (exact) mass is 260 g/mol. The summed E-state index contributed by atoms with van der Waals surface area (Å²) in [7, 11) is 0. The van der Waals surface area contributed by atoms with Crippen molar-refractivity contribution in [2.45, 2.75) is 0 Å². The van der Waals surface area contributed by atoms with Gasteiger partial charge in [0.25, 0.3) is 0 Å². The fraction of sp³-hybridized carbons (Fsp3) is 0. The first kappa shape index (κ1) is 10.7. The SMILES string of the molecule is [c]1cc(-c2ccccn2)c2sc3ccccc3c2c1. The predicted molar refractivity (Wildman–Crippen MR) is 81.4 cm³/mol. The average Bonchev–Trinajstić information content (AvgIpc) is 2.87. The topological polar surface area (TPSA) is 12.9 Å². The number of rotatable bonds is 1. The molecule has 4 aromatic rings. The van der Waals surface area contributed by atoms with Crippen LogP contribution in [0.2, 0.25) is 0 Å². The van der Waals surface area contributed by atoms with E-state index < -0.39 is 0 Å². The van der Waals surface area contributed by atoms with Crippen LogP contribution in [0.3, 0.4) is 0 Å². The van der Waals surface area contributed by atoms with Crippen molar-refractivity contribution >= 4 is 31.5 Å². The molecule has 1 radical (unpaired) electrons. The Kier molecular flexibility index (Phi) is 2.35. The third-order valence-corrected chi connectivity index (χ3v) is 4.49. The standard InChI is InChI=1S/C17H10NS/c1-2-10-16-12(6-1)13-7-5-8-14(17(13)19-16)15-9-3-4-11-18-15/h1-4,6-11H. The van der Waals surface area contributed by atoms with Gasteiger partial charge < -0.3 is 0 Å². The molecule has 0 saturated carbocycles. The Hall–Kier alpha value is -2.19. The summed E-state index contributed by atoms with van der Waals surface area (Å²) in [6, 6.07) is 21.9. The number of thiophene rings is 1. The number of hydrogen-bond donors (Lipinski definition) is 0. The highest BCUT2D eigenvalue weighted by Gasteiger charge is 2.09. The van der Waals surface area contributed by atoms with Gasteiger partial charge in [0.05, 0.1) is 5.69 Å². The third-order valence-electron chi connectivity index (χ3n) is 3.27. The molecule has 2 aromatic heterocycles. The Labute approximate surface area is 115 Å². The molecule has 0 saturated heterocycles. The second-order valence-corrected chi connectivity index (χ2v) is 5.48. The average molecular weight is 260 g/mol. The van der Waals surface area contributed by atoms with Gasteiger partial charge in [0.2, 0.25) is 0 Å². The second kappa shape index (κ2) is 4.18. The van der Waals surface area contributed by atoms with Crippen LogP contribution < -0.4 is 0 Å². The zero-order chi connectivity index (χ0) is 12.7. The fourth-order valence-corrected chi connectivity index (χ4v) is 3.60. The summed E-state index contributed by atoms with van der Waals surface area (Å²) >= 11 is 1.82. The first-order valence-corrected chi connectivity index (χ1v) is 6.98. The number of aromatic nitrogens is 1. The van der Waals surface area contributed by atoms with Crippen molar-refractivity contribution < 1.29 is 0 Å². The molecule has 19 heavy (non-hydrogen) atoms. The summed E-state index contributed by atoms with van der Waals surface area (Å²) in [5.74, 6) is 0. The third kappa shape index (κ3) is 1.65. The summed E-state index contributed by atoms with van der Waals surface area (Å²) < 4.78 is 2.60. The van der Waals surface area contributed by atoms with Crippen molar-refractivity contribution in [2.75, 3.05) is 0 Å². The van der Waals surface area contributed by atoms with Crippen molar-refractivity contribution in [3.63, 3.8) is 0 Å². The van der Waals surface area contributed by atoms with Gasteiger partial charge in [-0.1, -0.05) is 24.3 Å². The van der Waals surface area contributed by atoms with Gasteiger partial charge in [0, 0.05) is 31.9 Å². The van der Waals surface area contributed by atoms with E-state index >= 15 is 0 Å². The Morgan fingerprint density at radius 3 is 2.68 bits per heavy atom. The Morgan fingerprint density at radius 2 is 1.79 bits per heavy atom. The van der Waals surface area contributed by atoms with Gasteiger partial charge in [-0.25, -0.2) is 0 Å². The Balaban J connectivity index is 2.13. The first-order chi connectivity index (χ1) is 9.43. The molecule has 0 amide bonds. The largest absolute Gasteiger partial charge is 0.256 e. The highest BCUT2D eigenvalue weighted by atomic mass is 32.1. The molecule has 1 nitrogen and oxygen atoms in total. The van der Waals surface area contributed by atoms with E-state index in [1.807, 2.05) is 41.8 Å². The quantitative estimate of drug-likeness (QED) is 0.473. The van der Waals surface area contributed by atoms with E-state index in [4.69, 9.17) is 0 Å². The number of benzene rings is 2. The van der Waals surface area contributed by atoms with E-state index in [2.05, 4.69) is 41.4 Å². The molecule has 0 bridgehead atoms. The highest BCUT2D eigenvalue weighted by molar-refractivity contribution is 7.26. The van der Waals surface area contributed by atoms with Crippen LogP contribution in [0, 0.1) is 6.07 Å². The number of pyridine rings is 1. The molecule has 0 fully saturated rings. The molecular weight excluding hydrogens is 250 g/mol. The lowest BCUT2D eigenvalue weighted by Gasteiger charge is -2.01. The van der Waals surface area contributed by atoms with Crippen LogP contribution in [0.25, 0.3) is 31.4 Å². The van der Waals surface area contributed by atoms with E-state index in [-0.39, 0.29) is 0 Å². The summed E-state index contributed by atoms with van der Waals surface area (Å²) in [5, 5.41) is 2.57. The maximum Gasteiger partial charge on any atom is 0.0716 e. The zero-order valence-electron chi connectivity index (χ0n) is 10.1. The lowest BCUT2D eigenvalue weighted by Crippen LogP contribution is -1.81. The molecule has 0 aliphatic heterocycles. The van der Waals surface area contributed by atoms with Crippen LogP contribution in [0.5, 0.6) is 0 Å². The molecule has 0 spiro atoms. The molecule has 0 aliphatic rings. The van der Waals surface area contributed by atoms with Gasteiger partial charge in [0.1, 0.15) is 0 Å². The summed E-state index contributed by atoms with van der Waals surface area (Å²) in [5.41, 5.74) is 2.18. The van der Waals surface area contributed by atoms with Gasteiger partial charge in [0.15, 0.2) is 0 Å². The van der Waals surface area contributed by atoms with Crippen LogP contribution in [0.1, 0.15) is 0 Å². The molecule has 0 aliphatic carbocycles. The van der Waals surface area contributed by atoms with Crippen molar-refractivity contribution in [2.24, 2.45) is 0 Å². The van der Waals surface area contributed by atoms with Gasteiger partial charge in [-0.2, -0.15) is 0 Å². The van der Waals surface area contributed by atoms with Gasteiger partial charge >= 0.3 is 0 Å². The van der Waals surface area contributed by atoms with E-state index in [1.54, 1.807) is 0 Å². The van der Waals surface area contributed by atoms with E-state index in [1.165, 1.54) is 25.7 Å². The van der Waals surface area contributed by atoms with Crippen molar-refractivity contribution in [1.82, 2.24) is 4.98 Å². The Bertz CT molecular complexity index is 862. The molecular formula is C17H10NS. The van der Waals surface area contributed by atoms with Crippen LogP contribution >= 0.6 is 11.3 Å². The molecule has 0 atom stereocenters. The molecule has 89 valence electrons. The smallest absolute Gasteiger partial charge is 0.0716 e. The normalized spacial score (nSPS) is 11.2. The lowest BCUT2D eigenvalue weighted by molar-refractivity contribution is 1.33. The van der Waals surface area contributed by atoms with Gasteiger partial charge in [-0.3, -0.25) is 4.98 Å². The molecule has 2 heterocycles. The van der Waals surface area contributed by atoms with Crippen LogP contribution in [0.15, 0.2) is 60.8 Å². The van der Waals surface area contributed by atoms with Crippen molar-refractivity contribution in [1.29, 1.82) is 0 Å². The number of hydrogen-bond acceptors (Lipinski definition) is 2. The van der Waals surface area contributed by atoms with Crippen LogP contribution in [-0.2, 0) is 0 Å². The minimum atomic E-state index is 1.01. The van der Waals surface area contributed by atoms with Crippen LogP contribution in [0.4, 0.5) is 0 Å². The molecule has 4 rings (SSSR count). The minimum absolute atomic E-state index is 1.01. The number of fused-ring (bicyclic) bond motifs is 3. The minimum Gasteiger partial charge on any atom is -0.256 e. The van der Waals surface area contributed by atoms with E-state index in [9.17, 15) is 0 Å². The fourth-order valence-electron chi connectivity index (χ4n) is 2.39. The summed E-state index contributed by atoms with van der Waals surface area (Å²) in [4.78, 5) is 4.46. The maximum absolute atomic E-state index is 4.46. The van der Waals surface area contributed by atoms with Crippen molar-refractivity contribution in [3.8, 4) is 11.3 Å². The molecule has 2 aromatic carbocycles. The van der Waals surface area contributed by atoms with Crippen LogP contribution in [-0.4, -0.2) is 4.98 Å². The first-order valence-electron chi connectivity index (χ1n) is 6.16. The Morgan fingerprint density at radius 1 is 0.895 bits per heavy atom. The maximum atomic E-state index is 4.46. The number of nitrogens with zero attached hydrogens (tertiary/aromatic N) is 1.